The van der Waals surface area contributed by atoms with Gasteiger partial charge in [-0.05, 0) is 43.2 Å². The van der Waals surface area contributed by atoms with Crippen molar-refractivity contribution in [3.63, 3.8) is 0 Å². The van der Waals surface area contributed by atoms with Gasteiger partial charge in [0.25, 0.3) is 0 Å². The molecule has 1 saturated carbocycles. The van der Waals surface area contributed by atoms with E-state index in [0.29, 0.717) is 6.42 Å². The molecule has 2 heteroatoms. The summed E-state index contributed by atoms with van der Waals surface area (Å²) in [6.45, 7) is 2.75. The monoisotopic (exact) mass is 241 g/mol. The van der Waals surface area contributed by atoms with Crippen molar-refractivity contribution in [2.75, 3.05) is 0 Å². The number of carbonyl (C=O) groups excluding carboxylic acids is 1. The predicted molar refractivity (Wildman–Crippen MR) is 73.7 cm³/mol. The number of benzene rings is 1. The second-order valence-electron chi connectivity index (χ2n) is 5.48. The third kappa shape index (κ3) is 2.07. The second-order valence-corrected chi connectivity index (χ2v) is 5.48. The summed E-state index contributed by atoms with van der Waals surface area (Å²) in [5.41, 5.74) is 2.45. The molecule has 1 aliphatic carbocycles. The van der Waals surface area contributed by atoms with Crippen molar-refractivity contribution in [1.82, 2.24) is 4.57 Å². The first-order chi connectivity index (χ1) is 8.74. The fraction of sp³-hybridized carbons (Fsp3) is 0.438. The van der Waals surface area contributed by atoms with Crippen LogP contribution in [0.2, 0.25) is 0 Å². The van der Waals surface area contributed by atoms with Gasteiger partial charge in [0.05, 0.1) is 0 Å². The highest BCUT2D eigenvalue weighted by atomic mass is 16.1. The number of hydrogen-bond acceptors (Lipinski definition) is 1. The van der Waals surface area contributed by atoms with E-state index in [2.05, 4.69) is 34.9 Å². The van der Waals surface area contributed by atoms with E-state index in [-0.39, 0.29) is 5.78 Å². The third-order valence-corrected chi connectivity index (χ3v) is 3.99. The molecule has 1 aliphatic rings. The van der Waals surface area contributed by atoms with E-state index in [1.54, 1.807) is 6.92 Å². The first-order valence-corrected chi connectivity index (χ1v) is 6.80. The standard InChI is InChI=1S/C16H19NO/c1-12(18)9-15-10-14-7-2-3-8-16(14)17(15)11-13-5-4-6-13/h2-3,7-8,10,13H,4-6,9,11H2,1H3. The van der Waals surface area contributed by atoms with Crippen LogP contribution >= 0.6 is 0 Å². The molecule has 1 aromatic carbocycles. The lowest BCUT2D eigenvalue weighted by Gasteiger charge is -2.27. The Labute approximate surface area is 108 Å². The average Bonchev–Trinajstić information content (AvgIpc) is 2.60. The number of Topliss-reactive ketones (excluding diaryl/α,β-unsaturated/α-hetero) is 1. The van der Waals surface area contributed by atoms with Crippen molar-refractivity contribution in [2.45, 2.75) is 39.2 Å². The summed E-state index contributed by atoms with van der Waals surface area (Å²) in [5.74, 6) is 1.05. The zero-order valence-electron chi connectivity index (χ0n) is 10.9. The molecule has 1 fully saturated rings. The van der Waals surface area contributed by atoms with Crippen LogP contribution in [0.1, 0.15) is 31.9 Å². The van der Waals surface area contributed by atoms with Crippen LogP contribution in [0.15, 0.2) is 30.3 Å². The van der Waals surface area contributed by atoms with E-state index < -0.39 is 0 Å². The molecule has 0 spiro atoms. The van der Waals surface area contributed by atoms with Gasteiger partial charge in [-0.1, -0.05) is 24.6 Å². The Morgan fingerprint density at radius 3 is 2.78 bits per heavy atom. The Hall–Kier alpha value is -1.57. The Bertz CT molecular complexity index is 578. The predicted octanol–water partition coefficient (Wildman–Crippen LogP) is 3.57. The van der Waals surface area contributed by atoms with Gasteiger partial charge in [-0.3, -0.25) is 4.79 Å². The summed E-state index contributed by atoms with van der Waals surface area (Å²) < 4.78 is 2.36. The first kappa shape index (κ1) is 11.5. The SMILES string of the molecule is CC(=O)Cc1cc2ccccc2n1CC1CCC1. The molecule has 0 aliphatic heterocycles. The molecule has 0 unspecified atom stereocenters. The van der Waals surface area contributed by atoms with E-state index >= 15 is 0 Å². The van der Waals surface area contributed by atoms with Gasteiger partial charge in [-0.2, -0.15) is 0 Å². The van der Waals surface area contributed by atoms with Gasteiger partial charge < -0.3 is 4.57 Å². The molecule has 0 saturated heterocycles. The normalized spacial score (nSPS) is 15.8. The summed E-state index contributed by atoms with van der Waals surface area (Å²) in [6, 6.07) is 10.6. The number of fused-ring (bicyclic) bond motifs is 1. The maximum Gasteiger partial charge on any atom is 0.135 e. The minimum atomic E-state index is 0.243. The van der Waals surface area contributed by atoms with Crippen molar-refractivity contribution in [1.29, 1.82) is 0 Å². The van der Waals surface area contributed by atoms with Crippen LogP contribution in [0.25, 0.3) is 10.9 Å². The Balaban J connectivity index is 2.01. The van der Waals surface area contributed by atoms with Gasteiger partial charge in [-0.25, -0.2) is 0 Å². The van der Waals surface area contributed by atoms with Crippen LogP contribution in [-0.2, 0) is 17.8 Å². The molecule has 1 aromatic heterocycles. The quantitative estimate of drug-likeness (QED) is 0.802. The third-order valence-electron chi connectivity index (χ3n) is 3.99. The van der Waals surface area contributed by atoms with Gasteiger partial charge in [0.15, 0.2) is 0 Å². The van der Waals surface area contributed by atoms with Gasteiger partial charge in [0, 0.05) is 24.2 Å². The van der Waals surface area contributed by atoms with E-state index in [1.165, 1.54) is 35.9 Å². The van der Waals surface area contributed by atoms with Gasteiger partial charge in [0.2, 0.25) is 0 Å². The molecular formula is C16H19NO. The summed E-state index contributed by atoms with van der Waals surface area (Å²) in [6.07, 6.45) is 4.60. The van der Waals surface area contributed by atoms with Crippen LogP contribution < -0.4 is 0 Å². The summed E-state index contributed by atoms with van der Waals surface area (Å²) in [5, 5.41) is 1.26. The number of rotatable bonds is 4. The van der Waals surface area contributed by atoms with Crippen molar-refractivity contribution >= 4 is 16.7 Å². The molecule has 18 heavy (non-hydrogen) atoms. The second kappa shape index (κ2) is 4.60. The molecule has 0 atom stereocenters. The largest absolute Gasteiger partial charge is 0.344 e. The molecule has 2 aromatic rings. The van der Waals surface area contributed by atoms with Crippen LogP contribution in [-0.4, -0.2) is 10.4 Å². The lowest BCUT2D eigenvalue weighted by atomic mass is 9.85. The lowest BCUT2D eigenvalue weighted by Crippen LogP contribution is -2.19. The molecule has 0 N–H and O–H groups in total. The fourth-order valence-electron chi connectivity index (χ4n) is 2.82. The number of aromatic nitrogens is 1. The summed E-state index contributed by atoms with van der Waals surface area (Å²) in [7, 11) is 0. The van der Waals surface area contributed by atoms with Crippen molar-refractivity contribution < 1.29 is 4.79 Å². The minimum absolute atomic E-state index is 0.243. The van der Waals surface area contributed by atoms with Crippen LogP contribution in [0.3, 0.4) is 0 Å². The summed E-state index contributed by atoms with van der Waals surface area (Å²) in [4.78, 5) is 11.4. The molecule has 94 valence electrons. The van der Waals surface area contributed by atoms with E-state index in [1.807, 2.05) is 0 Å². The molecule has 0 radical (unpaired) electrons. The zero-order valence-corrected chi connectivity index (χ0v) is 10.9. The minimum Gasteiger partial charge on any atom is -0.344 e. The zero-order chi connectivity index (χ0) is 12.5. The van der Waals surface area contributed by atoms with E-state index in [4.69, 9.17) is 0 Å². The van der Waals surface area contributed by atoms with E-state index in [9.17, 15) is 4.79 Å². The van der Waals surface area contributed by atoms with Crippen molar-refractivity contribution in [2.24, 2.45) is 5.92 Å². The molecule has 0 bridgehead atoms. The fourth-order valence-corrected chi connectivity index (χ4v) is 2.82. The highest BCUT2D eigenvalue weighted by Crippen LogP contribution is 2.30. The van der Waals surface area contributed by atoms with Crippen LogP contribution in [0.4, 0.5) is 0 Å². The first-order valence-electron chi connectivity index (χ1n) is 6.80. The van der Waals surface area contributed by atoms with Gasteiger partial charge in [0.1, 0.15) is 5.78 Å². The number of para-hydroxylation sites is 1. The smallest absolute Gasteiger partial charge is 0.135 e. The Kier molecular flexibility index (Phi) is 2.94. The topological polar surface area (TPSA) is 22.0 Å². The number of carbonyl (C=O) groups is 1. The van der Waals surface area contributed by atoms with Gasteiger partial charge in [-0.15, -0.1) is 0 Å². The van der Waals surface area contributed by atoms with Crippen LogP contribution in [0.5, 0.6) is 0 Å². The average molecular weight is 241 g/mol. The molecule has 2 nitrogen and oxygen atoms in total. The molecule has 0 amide bonds. The molecule has 3 rings (SSSR count). The number of hydrogen-bond donors (Lipinski definition) is 0. The lowest BCUT2D eigenvalue weighted by molar-refractivity contribution is -0.116. The van der Waals surface area contributed by atoms with Crippen molar-refractivity contribution in [3.8, 4) is 0 Å². The molecular weight excluding hydrogens is 222 g/mol. The maximum absolute atomic E-state index is 11.4. The van der Waals surface area contributed by atoms with Crippen molar-refractivity contribution in [3.05, 3.63) is 36.0 Å². The van der Waals surface area contributed by atoms with Gasteiger partial charge >= 0.3 is 0 Å². The maximum atomic E-state index is 11.4. The highest BCUT2D eigenvalue weighted by Gasteiger charge is 2.20. The van der Waals surface area contributed by atoms with Crippen LogP contribution in [0, 0.1) is 5.92 Å². The number of nitrogens with zero attached hydrogens (tertiary/aromatic N) is 1. The molecule has 1 heterocycles. The summed E-state index contributed by atoms with van der Waals surface area (Å²) >= 11 is 0. The Morgan fingerprint density at radius 1 is 1.33 bits per heavy atom. The number of ketones is 1. The highest BCUT2D eigenvalue weighted by molar-refractivity contribution is 5.84. The van der Waals surface area contributed by atoms with E-state index in [0.717, 1.165) is 12.5 Å². The Morgan fingerprint density at radius 2 is 2.11 bits per heavy atom.